The van der Waals surface area contributed by atoms with E-state index in [0.29, 0.717) is 11.9 Å². The lowest BCUT2D eigenvalue weighted by Gasteiger charge is -2.17. The second-order valence-corrected chi connectivity index (χ2v) is 5.26. The Morgan fingerprint density at radius 1 is 1.10 bits per heavy atom. The molecule has 2 nitrogen and oxygen atoms in total. The average Bonchev–Trinajstić information content (AvgIpc) is 2.68. The zero-order valence-corrected chi connectivity index (χ0v) is 11.6. The predicted molar refractivity (Wildman–Crippen MR) is 77.1 cm³/mol. The number of benzene rings is 1. The zero-order chi connectivity index (χ0) is 14.1. The summed E-state index contributed by atoms with van der Waals surface area (Å²) in [5.41, 5.74) is 2.89. The molecule has 0 saturated heterocycles. The molecule has 0 spiro atoms. The van der Waals surface area contributed by atoms with Crippen molar-refractivity contribution >= 4 is 16.6 Å². The van der Waals surface area contributed by atoms with Crippen LogP contribution in [0.15, 0.2) is 12.1 Å². The van der Waals surface area contributed by atoms with E-state index in [-0.39, 0.29) is 5.52 Å². The SMILES string of the molecule is CCNc1c2c(nc3c(F)ccc(F)c13)CCCCC2. The number of aromatic nitrogens is 1. The summed E-state index contributed by atoms with van der Waals surface area (Å²) >= 11 is 0. The molecule has 0 atom stereocenters. The van der Waals surface area contributed by atoms with Gasteiger partial charge in [-0.1, -0.05) is 6.42 Å². The Bertz CT molecular complexity index is 653. The maximum absolute atomic E-state index is 14.2. The summed E-state index contributed by atoms with van der Waals surface area (Å²) < 4.78 is 28.2. The Kier molecular flexibility index (Phi) is 3.55. The number of pyridine rings is 1. The van der Waals surface area contributed by atoms with Gasteiger partial charge in [-0.15, -0.1) is 0 Å². The summed E-state index contributed by atoms with van der Waals surface area (Å²) in [6, 6.07) is 2.34. The molecule has 1 aliphatic rings. The molecule has 1 aromatic carbocycles. The van der Waals surface area contributed by atoms with Gasteiger partial charge >= 0.3 is 0 Å². The highest BCUT2D eigenvalue weighted by atomic mass is 19.1. The Balaban J connectivity index is 2.36. The molecule has 3 rings (SSSR count). The number of anilines is 1. The minimum absolute atomic E-state index is 0.154. The number of rotatable bonds is 2. The molecular formula is C16H18F2N2. The number of nitrogens with zero attached hydrogens (tertiary/aromatic N) is 1. The molecule has 1 N–H and O–H groups in total. The topological polar surface area (TPSA) is 24.9 Å². The maximum atomic E-state index is 14.2. The van der Waals surface area contributed by atoms with Crippen LogP contribution in [-0.4, -0.2) is 11.5 Å². The van der Waals surface area contributed by atoms with Crippen LogP contribution in [-0.2, 0) is 12.8 Å². The van der Waals surface area contributed by atoms with E-state index in [2.05, 4.69) is 10.3 Å². The van der Waals surface area contributed by atoms with Crippen LogP contribution in [0.4, 0.5) is 14.5 Å². The summed E-state index contributed by atoms with van der Waals surface area (Å²) in [5.74, 6) is -0.857. The summed E-state index contributed by atoms with van der Waals surface area (Å²) in [5, 5.41) is 3.53. The van der Waals surface area contributed by atoms with E-state index in [1.165, 1.54) is 6.07 Å². The van der Waals surface area contributed by atoms with E-state index in [9.17, 15) is 8.78 Å². The van der Waals surface area contributed by atoms with Gasteiger partial charge in [0.1, 0.15) is 17.2 Å². The Labute approximate surface area is 117 Å². The first-order valence-corrected chi connectivity index (χ1v) is 7.25. The Morgan fingerprint density at radius 3 is 2.65 bits per heavy atom. The maximum Gasteiger partial charge on any atom is 0.149 e. The van der Waals surface area contributed by atoms with Crippen molar-refractivity contribution in [1.29, 1.82) is 0 Å². The molecule has 1 aliphatic carbocycles. The van der Waals surface area contributed by atoms with Crippen molar-refractivity contribution < 1.29 is 8.78 Å². The third-order valence-corrected chi connectivity index (χ3v) is 3.92. The molecule has 0 saturated carbocycles. The first kappa shape index (κ1) is 13.3. The zero-order valence-electron chi connectivity index (χ0n) is 11.6. The third-order valence-electron chi connectivity index (χ3n) is 3.92. The first-order valence-electron chi connectivity index (χ1n) is 7.25. The monoisotopic (exact) mass is 276 g/mol. The molecule has 0 amide bonds. The van der Waals surface area contributed by atoms with E-state index in [4.69, 9.17) is 0 Å². The van der Waals surface area contributed by atoms with Gasteiger partial charge in [-0.2, -0.15) is 0 Å². The molecule has 1 heterocycles. The fourth-order valence-corrected chi connectivity index (χ4v) is 3.00. The van der Waals surface area contributed by atoms with Gasteiger partial charge in [0, 0.05) is 12.2 Å². The lowest BCUT2D eigenvalue weighted by molar-refractivity contribution is 0.614. The lowest BCUT2D eigenvalue weighted by Crippen LogP contribution is -2.08. The van der Waals surface area contributed by atoms with Gasteiger partial charge < -0.3 is 5.32 Å². The van der Waals surface area contributed by atoms with Crippen LogP contribution in [0, 0.1) is 11.6 Å². The minimum Gasteiger partial charge on any atom is -0.384 e. The molecule has 0 aliphatic heterocycles. The molecular weight excluding hydrogens is 258 g/mol. The van der Waals surface area contributed by atoms with E-state index in [1.807, 2.05) is 6.92 Å². The van der Waals surface area contributed by atoms with Gasteiger partial charge in [0.2, 0.25) is 0 Å². The van der Waals surface area contributed by atoms with Crippen LogP contribution in [0.25, 0.3) is 10.9 Å². The molecule has 106 valence electrons. The molecule has 0 fully saturated rings. The smallest absolute Gasteiger partial charge is 0.149 e. The van der Waals surface area contributed by atoms with Crippen LogP contribution < -0.4 is 5.32 Å². The molecule has 4 heteroatoms. The van der Waals surface area contributed by atoms with Crippen molar-refractivity contribution in [2.45, 2.75) is 39.0 Å². The number of halogens is 2. The van der Waals surface area contributed by atoms with Crippen LogP contribution in [0.1, 0.15) is 37.4 Å². The van der Waals surface area contributed by atoms with E-state index in [0.717, 1.165) is 55.1 Å². The van der Waals surface area contributed by atoms with Gasteiger partial charge in [0.05, 0.1) is 11.1 Å². The fourth-order valence-electron chi connectivity index (χ4n) is 3.00. The highest BCUT2D eigenvalue weighted by Crippen LogP contribution is 2.35. The standard InChI is InChI=1S/C16H18F2N2/c1-2-19-15-10-6-4-3-5-7-13(10)20-16-12(18)9-8-11(17)14(15)16/h8-9H,2-7H2,1H3,(H,19,20). The van der Waals surface area contributed by atoms with Gasteiger partial charge in [0.15, 0.2) is 0 Å². The molecule has 20 heavy (non-hydrogen) atoms. The minimum atomic E-state index is -0.451. The van der Waals surface area contributed by atoms with Crippen molar-refractivity contribution in [2.24, 2.45) is 0 Å². The van der Waals surface area contributed by atoms with Crippen LogP contribution in [0.2, 0.25) is 0 Å². The number of hydrogen-bond donors (Lipinski definition) is 1. The van der Waals surface area contributed by atoms with Crippen molar-refractivity contribution in [2.75, 3.05) is 11.9 Å². The van der Waals surface area contributed by atoms with Gasteiger partial charge in [-0.3, -0.25) is 0 Å². The molecule has 0 unspecified atom stereocenters. The van der Waals surface area contributed by atoms with Crippen LogP contribution in [0.5, 0.6) is 0 Å². The number of nitrogens with one attached hydrogen (secondary N) is 1. The quantitative estimate of drug-likeness (QED) is 0.831. The van der Waals surface area contributed by atoms with Crippen LogP contribution >= 0.6 is 0 Å². The van der Waals surface area contributed by atoms with Crippen molar-refractivity contribution in [3.63, 3.8) is 0 Å². The van der Waals surface area contributed by atoms with E-state index < -0.39 is 11.6 Å². The predicted octanol–water partition coefficient (Wildman–Crippen LogP) is 4.21. The Hall–Kier alpha value is -1.71. The number of hydrogen-bond acceptors (Lipinski definition) is 2. The first-order chi connectivity index (χ1) is 9.72. The van der Waals surface area contributed by atoms with Gasteiger partial charge in [-0.05, 0) is 50.3 Å². The van der Waals surface area contributed by atoms with Crippen molar-refractivity contribution in [1.82, 2.24) is 4.98 Å². The molecule has 1 aromatic heterocycles. The Morgan fingerprint density at radius 2 is 1.85 bits per heavy atom. The van der Waals surface area contributed by atoms with E-state index >= 15 is 0 Å². The lowest BCUT2D eigenvalue weighted by atomic mass is 10.0. The molecule has 2 aromatic rings. The summed E-state index contributed by atoms with van der Waals surface area (Å²) in [6.07, 6.45) is 5.02. The second kappa shape index (κ2) is 5.35. The second-order valence-electron chi connectivity index (χ2n) is 5.26. The number of fused-ring (bicyclic) bond motifs is 2. The average molecular weight is 276 g/mol. The highest BCUT2D eigenvalue weighted by molar-refractivity contribution is 5.94. The summed E-state index contributed by atoms with van der Waals surface area (Å²) in [7, 11) is 0. The van der Waals surface area contributed by atoms with Gasteiger partial charge in [-0.25, -0.2) is 13.8 Å². The molecule has 0 bridgehead atoms. The van der Waals surface area contributed by atoms with Crippen molar-refractivity contribution in [3.05, 3.63) is 35.0 Å². The number of aryl methyl sites for hydroxylation is 1. The largest absolute Gasteiger partial charge is 0.384 e. The fraction of sp³-hybridized carbons (Fsp3) is 0.438. The van der Waals surface area contributed by atoms with Crippen LogP contribution in [0.3, 0.4) is 0 Å². The summed E-state index contributed by atoms with van der Waals surface area (Å²) in [6.45, 7) is 2.65. The highest BCUT2D eigenvalue weighted by Gasteiger charge is 2.20. The molecule has 0 radical (unpaired) electrons. The van der Waals surface area contributed by atoms with E-state index in [1.54, 1.807) is 0 Å². The normalized spacial score (nSPS) is 14.9. The third kappa shape index (κ3) is 2.13. The van der Waals surface area contributed by atoms with Gasteiger partial charge in [0.25, 0.3) is 0 Å². The summed E-state index contributed by atoms with van der Waals surface area (Å²) in [4.78, 5) is 4.42. The van der Waals surface area contributed by atoms with Crippen molar-refractivity contribution in [3.8, 4) is 0 Å².